The van der Waals surface area contributed by atoms with E-state index in [-0.39, 0.29) is 48.7 Å². The van der Waals surface area contributed by atoms with Gasteiger partial charge in [0.25, 0.3) is 5.91 Å². The smallest absolute Gasteiger partial charge is 0.290 e. The number of aromatic nitrogens is 1. The molecule has 4 rings (SSSR count). The lowest BCUT2D eigenvalue weighted by atomic mass is 9.93. The fourth-order valence-corrected chi connectivity index (χ4v) is 5.55. The van der Waals surface area contributed by atoms with Crippen molar-refractivity contribution in [1.29, 1.82) is 0 Å². The van der Waals surface area contributed by atoms with Crippen molar-refractivity contribution in [1.82, 2.24) is 9.29 Å². The van der Waals surface area contributed by atoms with Gasteiger partial charge in [0.15, 0.2) is 5.76 Å². The standard InChI is InChI=1S/C28H30FN3O7S/c1-37-24-8-10-25(11-9-24)40(35,36)32(13-15-33)14-16-38-27-18-21(20-4-6-22(29)7-5-20)17-26(39-27)28(34)31-23-3-2-12-30-19-23/h2-12,17,19,21,27,33H,13-16,18H2,1H3,(H,31,34)/t21-,27+/m0/s1. The molecule has 0 bridgehead atoms. The minimum atomic E-state index is -3.93. The van der Waals surface area contributed by atoms with Crippen LogP contribution in [0.25, 0.3) is 0 Å². The Bertz CT molecular complexity index is 1400. The molecule has 2 heterocycles. The fourth-order valence-electron chi connectivity index (χ4n) is 4.14. The van der Waals surface area contributed by atoms with Crippen molar-refractivity contribution in [2.75, 3.05) is 38.7 Å². The van der Waals surface area contributed by atoms with Gasteiger partial charge in [-0.3, -0.25) is 9.78 Å². The van der Waals surface area contributed by atoms with Gasteiger partial charge < -0.3 is 24.6 Å². The van der Waals surface area contributed by atoms with Crippen LogP contribution >= 0.6 is 0 Å². The lowest BCUT2D eigenvalue weighted by Gasteiger charge is -2.30. The van der Waals surface area contributed by atoms with Crippen LogP contribution in [0.2, 0.25) is 0 Å². The van der Waals surface area contributed by atoms with Gasteiger partial charge in [-0.1, -0.05) is 12.1 Å². The van der Waals surface area contributed by atoms with Crippen LogP contribution in [0.4, 0.5) is 10.1 Å². The Balaban J connectivity index is 1.46. The highest BCUT2D eigenvalue weighted by atomic mass is 32.2. The molecule has 0 saturated heterocycles. The van der Waals surface area contributed by atoms with Gasteiger partial charge in [-0.15, -0.1) is 0 Å². The van der Waals surface area contributed by atoms with E-state index in [2.05, 4.69) is 10.3 Å². The normalized spacial score (nSPS) is 17.1. The number of allylic oxidation sites excluding steroid dienone is 1. The van der Waals surface area contributed by atoms with Gasteiger partial charge in [0, 0.05) is 31.6 Å². The molecule has 3 aromatic rings. The highest BCUT2D eigenvalue weighted by Gasteiger charge is 2.30. The van der Waals surface area contributed by atoms with Gasteiger partial charge >= 0.3 is 0 Å². The summed E-state index contributed by atoms with van der Waals surface area (Å²) in [5.74, 6) is -0.711. The highest BCUT2D eigenvalue weighted by molar-refractivity contribution is 7.89. The van der Waals surface area contributed by atoms with E-state index in [1.54, 1.807) is 36.5 Å². The number of hydrogen-bond acceptors (Lipinski definition) is 8. The quantitative estimate of drug-likeness (QED) is 0.339. The van der Waals surface area contributed by atoms with Crippen LogP contribution in [-0.2, 0) is 24.3 Å². The molecule has 0 saturated carbocycles. The third-order valence-corrected chi connectivity index (χ3v) is 8.10. The molecule has 10 nitrogen and oxygen atoms in total. The number of ether oxygens (including phenoxy) is 3. The van der Waals surface area contributed by atoms with E-state index >= 15 is 0 Å². The second-order valence-electron chi connectivity index (χ2n) is 8.84. The van der Waals surface area contributed by atoms with Crippen LogP contribution in [-0.4, -0.2) is 68.4 Å². The molecule has 0 fully saturated rings. The van der Waals surface area contributed by atoms with E-state index in [0.29, 0.717) is 17.9 Å². The van der Waals surface area contributed by atoms with Gasteiger partial charge in [0.2, 0.25) is 16.3 Å². The third-order valence-electron chi connectivity index (χ3n) is 6.19. The maximum atomic E-state index is 13.5. The van der Waals surface area contributed by atoms with Gasteiger partial charge in [0.05, 0.1) is 37.1 Å². The Morgan fingerprint density at radius 3 is 2.55 bits per heavy atom. The van der Waals surface area contributed by atoms with Crippen LogP contribution in [0.3, 0.4) is 0 Å². The average molecular weight is 572 g/mol. The van der Waals surface area contributed by atoms with Crippen LogP contribution in [0, 0.1) is 5.82 Å². The van der Waals surface area contributed by atoms with Crippen LogP contribution in [0.15, 0.2) is 89.8 Å². The van der Waals surface area contributed by atoms with Crippen molar-refractivity contribution in [3.63, 3.8) is 0 Å². The Morgan fingerprint density at radius 1 is 1.15 bits per heavy atom. The third kappa shape index (κ3) is 7.42. The van der Waals surface area contributed by atoms with Crippen molar-refractivity contribution in [2.45, 2.75) is 23.5 Å². The summed E-state index contributed by atoms with van der Waals surface area (Å²) in [6, 6.07) is 15.2. The zero-order valence-corrected chi connectivity index (χ0v) is 22.6. The minimum absolute atomic E-state index is 0.00694. The summed E-state index contributed by atoms with van der Waals surface area (Å²) < 4.78 is 57.8. The molecule has 0 unspecified atom stereocenters. The molecule has 1 aliphatic rings. The number of carbonyl (C=O) groups excluding carboxylic acids is 1. The number of anilines is 1. The van der Waals surface area contributed by atoms with E-state index in [1.165, 1.54) is 49.7 Å². The van der Waals surface area contributed by atoms with Gasteiger partial charge in [-0.05, 0) is 60.2 Å². The fraction of sp³-hybridized carbons (Fsp3) is 0.286. The minimum Gasteiger partial charge on any atom is -0.497 e. The molecule has 1 aliphatic heterocycles. The molecule has 2 aromatic carbocycles. The second kappa shape index (κ2) is 13.5. The van der Waals surface area contributed by atoms with Crippen LogP contribution in [0.5, 0.6) is 5.75 Å². The first kappa shape index (κ1) is 29.2. The summed E-state index contributed by atoms with van der Waals surface area (Å²) in [4.78, 5) is 17.0. The lowest BCUT2D eigenvalue weighted by Crippen LogP contribution is -2.37. The zero-order chi connectivity index (χ0) is 28.5. The molecule has 2 N–H and O–H groups in total. The molecule has 1 amide bonds. The zero-order valence-electron chi connectivity index (χ0n) is 21.8. The molecule has 40 heavy (non-hydrogen) atoms. The summed E-state index contributed by atoms with van der Waals surface area (Å²) >= 11 is 0. The Morgan fingerprint density at radius 2 is 1.90 bits per heavy atom. The topological polar surface area (TPSA) is 127 Å². The predicted octanol–water partition coefficient (Wildman–Crippen LogP) is 3.28. The average Bonchev–Trinajstić information content (AvgIpc) is 2.97. The molecule has 0 radical (unpaired) electrons. The van der Waals surface area contributed by atoms with Crippen molar-refractivity contribution in [2.24, 2.45) is 0 Å². The highest BCUT2D eigenvalue weighted by Crippen LogP contribution is 2.32. The number of nitrogens with one attached hydrogen (secondary N) is 1. The summed E-state index contributed by atoms with van der Waals surface area (Å²) in [6.45, 7) is -0.673. The monoisotopic (exact) mass is 571 g/mol. The van der Waals surface area contributed by atoms with Crippen molar-refractivity contribution < 1.29 is 36.9 Å². The molecular weight excluding hydrogens is 541 g/mol. The molecule has 12 heteroatoms. The van der Waals surface area contributed by atoms with Crippen LogP contribution < -0.4 is 10.1 Å². The summed E-state index contributed by atoms with van der Waals surface area (Å²) in [5, 5.41) is 12.2. The number of sulfonamides is 1. The van der Waals surface area contributed by atoms with Crippen LogP contribution in [0.1, 0.15) is 17.9 Å². The number of aliphatic hydroxyl groups excluding tert-OH is 1. The molecule has 0 spiro atoms. The molecular formula is C28H30FN3O7S. The number of amides is 1. The van der Waals surface area contributed by atoms with Gasteiger partial charge in [-0.25, -0.2) is 12.8 Å². The number of nitrogens with zero attached hydrogens (tertiary/aromatic N) is 2. The maximum Gasteiger partial charge on any atom is 0.290 e. The molecule has 1 aromatic heterocycles. The van der Waals surface area contributed by atoms with E-state index in [1.807, 2.05) is 0 Å². The van der Waals surface area contributed by atoms with Crippen molar-refractivity contribution >= 4 is 21.6 Å². The van der Waals surface area contributed by atoms with E-state index in [9.17, 15) is 22.7 Å². The van der Waals surface area contributed by atoms with Gasteiger partial charge in [0.1, 0.15) is 11.6 Å². The van der Waals surface area contributed by atoms with Gasteiger partial charge in [-0.2, -0.15) is 4.31 Å². The predicted molar refractivity (Wildman–Crippen MR) is 144 cm³/mol. The van der Waals surface area contributed by atoms with E-state index < -0.39 is 22.2 Å². The number of rotatable bonds is 12. The number of carbonyl (C=O) groups is 1. The second-order valence-corrected chi connectivity index (χ2v) is 10.8. The largest absolute Gasteiger partial charge is 0.497 e. The number of hydrogen-bond donors (Lipinski definition) is 2. The summed E-state index contributed by atoms with van der Waals surface area (Å²) in [7, 11) is -2.45. The Hall–Kier alpha value is -3.84. The SMILES string of the molecule is COc1ccc(S(=O)(=O)N(CCO)CCO[C@H]2C[C@@H](c3ccc(F)cc3)C=C(C(=O)Nc3cccnc3)O2)cc1. The number of aliphatic hydroxyl groups is 1. The Kier molecular flexibility index (Phi) is 9.83. The molecule has 212 valence electrons. The number of pyridine rings is 1. The number of methoxy groups -OCH3 is 1. The summed E-state index contributed by atoms with van der Waals surface area (Å²) in [6.07, 6.45) is 4.13. The van der Waals surface area contributed by atoms with Crippen molar-refractivity contribution in [3.8, 4) is 5.75 Å². The first-order valence-corrected chi connectivity index (χ1v) is 14.0. The van der Waals surface area contributed by atoms with Crippen molar-refractivity contribution in [3.05, 3.63) is 96.3 Å². The molecule has 0 aliphatic carbocycles. The molecule has 2 atom stereocenters. The number of benzene rings is 2. The Labute approximate surface area is 232 Å². The maximum absolute atomic E-state index is 13.5. The number of halogens is 1. The first-order chi connectivity index (χ1) is 19.3. The summed E-state index contributed by atoms with van der Waals surface area (Å²) in [5.41, 5.74) is 1.23. The van der Waals surface area contributed by atoms with E-state index in [0.717, 1.165) is 9.87 Å². The first-order valence-electron chi connectivity index (χ1n) is 12.5. The lowest BCUT2D eigenvalue weighted by molar-refractivity contribution is -0.143. The van der Waals surface area contributed by atoms with E-state index in [4.69, 9.17) is 14.2 Å².